The molecule has 2 heterocycles. The first-order valence-corrected chi connectivity index (χ1v) is 15.4. The third-order valence-corrected chi connectivity index (χ3v) is 8.66. The van der Waals surface area contributed by atoms with Crippen LogP contribution in [0.25, 0.3) is 0 Å². The van der Waals surface area contributed by atoms with Crippen molar-refractivity contribution < 1.29 is 27.6 Å². The van der Waals surface area contributed by atoms with Crippen LogP contribution in [0.4, 0.5) is 29.3 Å². The molecule has 0 saturated carbocycles. The summed E-state index contributed by atoms with van der Waals surface area (Å²) in [5, 5.41) is 5.55. The molecule has 4 rings (SSSR count). The summed E-state index contributed by atoms with van der Waals surface area (Å²) in [6.07, 6.45) is -0.816. The smallest absolute Gasteiger partial charge is 0.397 e. The first-order valence-electron chi connectivity index (χ1n) is 15.0. The molecule has 13 heteroatoms. The van der Waals surface area contributed by atoms with Crippen molar-refractivity contribution >= 4 is 40.8 Å². The highest BCUT2D eigenvalue weighted by Crippen LogP contribution is 2.38. The van der Waals surface area contributed by atoms with E-state index in [9.17, 15) is 27.6 Å². The summed E-state index contributed by atoms with van der Waals surface area (Å²) in [5.41, 5.74) is 11.5. The monoisotopic (exact) mass is 636 g/mol. The van der Waals surface area contributed by atoms with Crippen molar-refractivity contribution in [1.29, 1.82) is 0 Å². The van der Waals surface area contributed by atoms with Gasteiger partial charge in [-0.1, -0.05) is 36.2 Å². The number of nitrogen functional groups attached to an aromatic ring is 1. The fourth-order valence-corrected chi connectivity index (χ4v) is 6.12. The maximum atomic E-state index is 13.6. The van der Waals surface area contributed by atoms with E-state index in [1.807, 2.05) is 29.2 Å². The molecule has 240 valence electrons. The van der Waals surface area contributed by atoms with Crippen LogP contribution < -0.4 is 22.1 Å². The van der Waals surface area contributed by atoms with E-state index in [1.54, 1.807) is 4.90 Å². The quantitative estimate of drug-likeness (QED) is 0.207. The second-order valence-electron chi connectivity index (χ2n) is 11.4. The Morgan fingerprint density at radius 2 is 1.82 bits per heavy atom. The van der Waals surface area contributed by atoms with Crippen molar-refractivity contribution in [1.82, 2.24) is 15.1 Å². The number of nitrogens with zero attached hydrogens (tertiary/aromatic N) is 2. The van der Waals surface area contributed by atoms with Gasteiger partial charge in [-0.3, -0.25) is 9.59 Å². The Labute approximate surface area is 260 Å². The second-order valence-corrected chi connectivity index (χ2v) is 11.8. The topological polar surface area (TPSA) is 134 Å². The number of halogens is 4. The minimum absolute atomic E-state index is 0.0429. The summed E-state index contributed by atoms with van der Waals surface area (Å²) in [5.74, 6) is -1.59. The van der Waals surface area contributed by atoms with Gasteiger partial charge < -0.3 is 31.9 Å². The molecule has 0 bridgehead atoms. The van der Waals surface area contributed by atoms with Crippen LogP contribution in [0.3, 0.4) is 0 Å². The van der Waals surface area contributed by atoms with Gasteiger partial charge in [0.05, 0.1) is 22.2 Å². The highest BCUT2D eigenvalue weighted by molar-refractivity contribution is 6.33. The van der Waals surface area contributed by atoms with E-state index >= 15 is 0 Å². The van der Waals surface area contributed by atoms with E-state index in [0.717, 1.165) is 36.6 Å². The van der Waals surface area contributed by atoms with Gasteiger partial charge in [0.25, 0.3) is 0 Å². The number of likely N-dealkylation sites (tertiary alicyclic amines) is 1. The maximum absolute atomic E-state index is 13.6. The maximum Gasteiger partial charge on any atom is 0.418 e. The third kappa shape index (κ3) is 8.56. The molecular weight excluding hydrogens is 597 g/mol. The number of piperidine rings is 1. The molecular formula is C31H40ClF3N6O3. The fourth-order valence-electron chi connectivity index (χ4n) is 5.88. The van der Waals surface area contributed by atoms with Crippen molar-refractivity contribution in [2.24, 2.45) is 11.7 Å². The normalized spacial score (nSPS) is 16.6. The number of carbonyl (C=O) groups excluding carboxylic acids is 3. The van der Waals surface area contributed by atoms with Crippen LogP contribution in [0, 0.1) is 5.92 Å². The average molecular weight is 637 g/mol. The minimum Gasteiger partial charge on any atom is -0.397 e. The summed E-state index contributed by atoms with van der Waals surface area (Å²) >= 11 is 6.03. The molecule has 9 nitrogen and oxygen atoms in total. The highest BCUT2D eigenvalue weighted by Gasteiger charge is 2.36. The zero-order valence-corrected chi connectivity index (χ0v) is 25.4. The first-order chi connectivity index (χ1) is 21.0. The van der Waals surface area contributed by atoms with Crippen LogP contribution in [0.2, 0.25) is 5.02 Å². The number of hydrogen-bond acceptors (Lipinski definition) is 5. The van der Waals surface area contributed by atoms with Crippen molar-refractivity contribution in [3.05, 3.63) is 58.1 Å². The molecule has 0 aromatic heterocycles. The third-order valence-electron chi connectivity index (χ3n) is 8.35. The number of unbranched alkanes of at least 4 members (excludes halogenated alkanes) is 2. The number of carbonyl (C=O) groups is 3. The number of fused-ring (bicyclic) bond motifs is 1. The molecule has 44 heavy (non-hydrogen) atoms. The number of benzene rings is 2. The van der Waals surface area contributed by atoms with E-state index in [-0.39, 0.29) is 41.4 Å². The zero-order chi connectivity index (χ0) is 31.9. The van der Waals surface area contributed by atoms with Crippen molar-refractivity contribution in [3.8, 4) is 0 Å². The van der Waals surface area contributed by atoms with Crippen LogP contribution in [-0.2, 0) is 28.6 Å². The van der Waals surface area contributed by atoms with Crippen LogP contribution >= 0.6 is 11.6 Å². The molecule has 0 aliphatic carbocycles. The van der Waals surface area contributed by atoms with Gasteiger partial charge in [0.2, 0.25) is 11.8 Å². The molecule has 1 atom stereocenters. The lowest BCUT2D eigenvalue weighted by Crippen LogP contribution is -2.50. The molecule has 2 aromatic carbocycles. The van der Waals surface area contributed by atoms with Crippen LogP contribution in [0.15, 0.2) is 36.4 Å². The number of nitrogens with one attached hydrogen (secondary N) is 2. The number of urea groups is 1. The van der Waals surface area contributed by atoms with E-state index in [2.05, 4.69) is 10.6 Å². The molecule has 4 amide bonds. The Morgan fingerprint density at radius 3 is 2.52 bits per heavy atom. The Kier molecular flexibility index (Phi) is 11.4. The van der Waals surface area contributed by atoms with Gasteiger partial charge in [-0.15, -0.1) is 0 Å². The Hall–Kier alpha value is -3.51. The first kappa shape index (κ1) is 33.4. The molecule has 2 aliphatic rings. The Bertz CT molecular complexity index is 1330. The van der Waals surface area contributed by atoms with Gasteiger partial charge in [-0.25, -0.2) is 4.79 Å². The molecule has 1 saturated heterocycles. The number of nitrogens with two attached hydrogens (primary N) is 2. The number of alkyl halides is 3. The van der Waals surface area contributed by atoms with E-state index in [0.29, 0.717) is 52.0 Å². The lowest BCUT2D eigenvalue weighted by molar-refractivity contribution is -0.138. The summed E-state index contributed by atoms with van der Waals surface area (Å²) in [6, 6.07) is 9.70. The fraction of sp³-hybridized carbons (Fsp3) is 0.516. The lowest BCUT2D eigenvalue weighted by atomic mass is 9.92. The summed E-state index contributed by atoms with van der Waals surface area (Å²) in [7, 11) is 0. The second kappa shape index (κ2) is 15.0. The van der Waals surface area contributed by atoms with Crippen molar-refractivity contribution in [2.75, 3.05) is 43.8 Å². The highest BCUT2D eigenvalue weighted by atomic mass is 35.5. The Balaban J connectivity index is 1.40. The summed E-state index contributed by atoms with van der Waals surface area (Å²) in [6.45, 7) is 2.28. The standard InChI is InChI=1S/C31H40ClF3N6O3/c32-25-18-20(17-24(28(25)37)31(33,34)35)16-22(29(43)38-12-5-1-4-11-36)19-27(42)40-13-9-23(10-14-40)41-15-8-21-6-2-3-7-26(21)39-30(41)44/h2-3,6-7,17-18,22-23H,1,4-5,8-16,19,36-37H2,(H,38,43)(H,39,44). The van der Waals surface area contributed by atoms with Gasteiger partial charge in [0.15, 0.2) is 0 Å². The Morgan fingerprint density at radius 1 is 1.09 bits per heavy atom. The average Bonchev–Trinajstić information content (AvgIpc) is 3.15. The van der Waals surface area contributed by atoms with Gasteiger partial charge in [0.1, 0.15) is 0 Å². The number of amides is 4. The molecule has 0 radical (unpaired) electrons. The van der Waals surface area contributed by atoms with Crippen LogP contribution in [0.1, 0.15) is 55.2 Å². The summed E-state index contributed by atoms with van der Waals surface area (Å²) in [4.78, 5) is 43.1. The molecule has 1 unspecified atom stereocenters. The van der Waals surface area contributed by atoms with Gasteiger partial charge in [-0.05, 0) is 74.4 Å². The number of anilines is 2. The van der Waals surface area contributed by atoms with E-state index in [1.165, 1.54) is 6.07 Å². The number of hydrogen-bond donors (Lipinski definition) is 4. The predicted molar refractivity (Wildman–Crippen MR) is 164 cm³/mol. The lowest BCUT2D eigenvalue weighted by Gasteiger charge is -2.38. The van der Waals surface area contributed by atoms with Crippen molar-refractivity contribution in [2.45, 2.75) is 63.6 Å². The van der Waals surface area contributed by atoms with Crippen LogP contribution in [0.5, 0.6) is 0 Å². The molecule has 6 N–H and O–H groups in total. The van der Waals surface area contributed by atoms with E-state index in [4.69, 9.17) is 23.1 Å². The zero-order valence-electron chi connectivity index (χ0n) is 24.6. The molecule has 0 spiro atoms. The van der Waals surface area contributed by atoms with E-state index < -0.39 is 29.3 Å². The van der Waals surface area contributed by atoms with Gasteiger partial charge in [0, 0.05) is 44.3 Å². The molecule has 2 aliphatic heterocycles. The van der Waals surface area contributed by atoms with Gasteiger partial charge in [-0.2, -0.15) is 13.2 Å². The predicted octanol–water partition coefficient (Wildman–Crippen LogP) is 4.82. The SMILES string of the molecule is NCCCCCNC(=O)C(CC(=O)N1CCC(N2CCc3ccccc3NC2=O)CC1)Cc1cc(Cl)c(N)c(C(F)(F)F)c1. The molecule has 2 aromatic rings. The van der Waals surface area contributed by atoms with Crippen LogP contribution in [-0.4, -0.2) is 66.4 Å². The summed E-state index contributed by atoms with van der Waals surface area (Å²) < 4.78 is 40.8. The largest absolute Gasteiger partial charge is 0.418 e. The molecule has 1 fully saturated rings. The van der Waals surface area contributed by atoms with Crippen molar-refractivity contribution in [3.63, 3.8) is 0 Å². The number of rotatable bonds is 11. The van der Waals surface area contributed by atoms with Gasteiger partial charge >= 0.3 is 12.2 Å². The number of para-hydroxylation sites is 1. The minimum atomic E-state index is -4.72.